The van der Waals surface area contributed by atoms with Crippen molar-refractivity contribution in [1.29, 1.82) is 0 Å². The van der Waals surface area contributed by atoms with Crippen LogP contribution in [0.2, 0.25) is 0 Å². The van der Waals surface area contributed by atoms with Gasteiger partial charge in [-0.3, -0.25) is 9.59 Å². The van der Waals surface area contributed by atoms with Gasteiger partial charge in [-0.25, -0.2) is 4.39 Å². The van der Waals surface area contributed by atoms with E-state index in [0.29, 0.717) is 36.4 Å². The first-order chi connectivity index (χ1) is 14.5. The van der Waals surface area contributed by atoms with Gasteiger partial charge in [0.25, 0.3) is 0 Å². The number of anilines is 1. The van der Waals surface area contributed by atoms with Crippen molar-refractivity contribution in [1.82, 2.24) is 4.90 Å². The maximum absolute atomic E-state index is 13.9. The molecule has 0 saturated carbocycles. The lowest BCUT2D eigenvalue weighted by Gasteiger charge is -2.41. The molecule has 1 aliphatic heterocycles. The Labute approximate surface area is 177 Å². The maximum Gasteiger partial charge on any atom is 0.229 e. The highest BCUT2D eigenvalue weighted by Gasteiger charge is 2.41. The first kappa shape index (κ1) is 21.8. The lowest BCUT2D eigenvalue weighted by molar-refractivity contribution is -0.142. The molecule has 160 valence electrons. The van der Waals surface area contributed by atoms with Crippen LogP contribution in [0.1, 0.15) is 49.8 Å². The molecule has 1 heterocycles. The van der Waals surface area contributed by atoms with E-state index in [1.807, 2.05) is 29.2 Å². The number of nitrogens with one attached hydrogen (secondary N) is 1. The molecule has 2 unspecified atom stereocenters. The zero-order chi connectivity index (χ0) is 21.7. The Kier molecular flexibility index (Phi) is 7.08. The highest BCUT2D eigenvalue weighted by atomic mass is 19.1. The van der Waals surface area contributed by atoms with E-state index in [1.165, 1.54) is 6.07 Å². The van der Waals surface area contributed by atoms with Crippen molar-refractivity contribution >= 4 is 17.5 Å². The maximum atomic E-state index is 13.9. The number of methoxy groups -OCH3 is 1. The predicted molar refractivity (Wildman–Crippen MR) is 115 cm³/mol. The second kappa shape index (κ2) is 9.74. The fraction of sp³-hybridized carbons (Fsp3) is 0.417. The zero-order valence-electron chi connectivity index (χ0n) is 17.8. The second-order valence-electron chi connectivity index (χ2n) is 7.73. The van der Waals surface area contributed by atoms with Crippen LogP contribution >= 0.6 is 0 Å². The number of nitrogens with zero attached hydrogens (tertiary/aromatic N) is 1. The van der Waals surface area contributed by atoms with Gasteiger partial charge in [0.15, 0.2) is 0 Å². The summed E-state index contributed by atoms with van der Waals surface area (Å²) in [7, 11) is 1.59. The molecule has 30 heavy (non-hydrogen) atoms. The van der Waals surface area contributed by atoms with Gasteiger partial charge in [-0.1, -0.05) is 37.6 Å². The zero-order valence-corrected chi connectivity index (χ0v) is 17.8. The normalized spacial score (nSPS) is 18.9. The number of piperidine rings is 1. The number of hydrogen-bond acceptors (Lipinski definition) is 3. The Morgan fingerprint density at radius 3 is 2.73 bits per heavy atom. The monoisotopic (exact) mass is 412 g/mol. The molecule has 2 aromatic rings. The van der Waals surface area contributed by atoms with E-state index in [2.05, 4.69) is 12.2 Å². The molecule has 1 aliphatic rings. The smallest absolute Gasteiger partial charge is 0.229 e. The Balaban J connectivity index is 1.95. The van der Waals surface area contributed by atoms with Gasteiger partial charge in [-0.05, 0) is 43.5 Å². The van der Waals surface area contributed by atoms with E-state index >= 15 is 0 Å². The minimum atomic E-state index is -0.458. The quantitative estimate of drug-likeness (QED) is 0.706. The van der Waals surface area contributed by atoms with Gasteiger partial charge in [0.05, 0.1) is 19.1 Å². The van der Waals surface area contributed by atoms with E-state index in [0.717, 1.165) is 18.4 Å². The summed E-state index contributed by atoms with van der Waals surface area (Å²) in [4.78, 5) is 27.9. The Morgan fingerprint density at radius 1 is 1.27 bits per heavy atom. The van der Waals surface area contributed by atoms with Crippen molar-refractivity contribution in [2.75, 3.05) is 19.0 Å². The molecule has 1 saturated heterocycles. The van der Waals surface area contributed by atoms with Crippen LogP contribution in [0.5, 0.6) is 5.75 Å². The molecule has 2 atom stereocenters. The number of rotatable bonds is 7. The first-order valence-corrected chi connectivity index (χ1v) is 10.5. The molecular formula is C24H29FN2O3. The molecule has 0 aliphatic carbocycles. The van der Waals surface area contributed by atoms with Gasteiger partial charge in [0.1, 0.15) is 11.6 Å². The summed E-state index contributed by atoms with van der Waals surface area (Å²) in [6, 6.07) is 11.7. The molecule has 3 rings (SSSR count). The molecule has 0 aromatic heterocycles. The number of likely N-dealkylation sites (tertiary alicyclic amines) is 1. The van der Waals surface area contributed by atoms with Crippen LogP contribution in [0.15, 0.2) is 42.5 Å². The average Bonchev–Trinajstić information content (AvgIpc) is 2.75. The number of aryl methyl sites for hydroxylation is 1. The van der Waals surface area contributed by atoms with E-state index in [9.17, 15) is 14.0 Å². The van der Waals surface area contributed by atoms with Gasteiger partial charge in [-0.15, -0.1) is 0 Å². The molecule has 2 amide bonds. The Hall–Kier alpha value is -2.89. The number of benzene rings is 2. The fourth-order valence-corrected chi connectivity index (χ4v) is 4.02. The van der Waals surface area contributed by atoms with Crippen molar-refractivity contribution in [3.05, 3.63) is 59.4 Å². The number of halogens is 1. The number of unbranched alkanes of at least 4 members (excludes halogenated alkanes) is 1. The van der Waals surface area contributed by atoms with Crippen LogP contribution < -0.4 is 10.1 Å². The van der Waals surface area contributed by atoms with E-state index in [4.69, 9.17) is 4.74 Å². The lowest BCUT2D eigenvalue weighted by Crippen LogP contribution is -2.47. The van der Waals surface area contributed by atoms with Gasteiger partial charge in [-0.2, -0.15) is 0 Å². The van der Waals surface area contributed by atoms with Gasteiger partial charge >= 0.3 is 0 Å². The number of carbonyl (C=O) groups excluding carboxylic acids is 2. The van der Waals surface area contributed by atoms with Crippen LogP contribution in [-0.2, 0) is 9.59 Å². The molecule has 0 spiro atoms. The summed E-state index contributed by atoms with van der Waals surface area (Å²) in [6.07, 6.45) is 2.55. The van der Waals surface area contributed by atoms with Crippen molar-refractivity contribution in [2.45, 2.75) is 45.6 Å². The van der Waals surface area contributed by atoms with Crippen LogP contribution in [0.25, 0.3) is 0 Å². The highest BCUT2D eigenvalue weighted by Crippen LogP contribution is 2.41. The van der Waals surface area contributed by atoms with Crippen LogP contribution in [0.3, 0.4) is 0 Å². The van der Waals surface area contributed by atoms with Crippen LogP contribution in [0.4, 0.5) is 10.1 Å². The third kappa shape index (κ3) is 4.64. The number of para-hydroxylation sites is 1. The Morgan fingerprint density at radius 2 is 2.03 bits per heavy atom. The Bertz CT molecular complexity index is 915. The molecule has 5 nitrogen and oxygen atoms in total. The SMILES string of the molecule is CCCCN1C(=O)CCC(C(=O)Nc2ccc(C)c(F)c2)C1c1ccccc1OC. The van der Waals surface area contributed by atoms with E-state index < -0.39 is 12.0 Å². The van der Waals surface area contributed by atoms with Crippen molar-refractivity contribution in [2.24, 2.45) is 5.92 Å². The van der Waals surface area contributed by atoms with Crippen LogP contribution in [0, 0.1) is 18.7 Å². The van der Waals surface area contributed by atoms with Gasteiger partial charge in [0.2, 0.25) is 11.8 Å². The summed E-state index contributed by atoms with van der Waals surface area (Å²) in [6.45, 7) is 4.33. The topological polar surface area (TPSA) is 58.6 Å². The number of carbonyl (C=O) groups is 2. The summed E-state index contributed by atoms with van der Waals surface area (Å²) in [5.41, 5.74) is 1.76. The summed E-state index contributed by atoms with van der Waals surface area (Å²) < 4.78 is 19.5. The molecule has 1 N–H and O–H groups in total. The molecule has 0 radical (unpaired) electrons. The molecule has 0 bridgehead atoms. The molecular weight excluding hydrogens is 383 g/mol. The third-order valence-electron chi connectivity index (χ3n) is 5.69. The third-order valence-corrected chi connectivity index (χ3v) is 5.69. The van der Waals surface area contributed by atoms with Crippen molar-refractivity contribution in [3.63, 3.8) is 0 Å². The van der Waals surface area contributed by atoms with Gasteiger partial charge < -0.3 is 15.0 Å². The van der Waals surface area contributed by atoms with Crippen molar-refractivity contribution < 1.29 is 18.7 Å². The second-order valence-corrected chi connectivity index (χ2v) is 7.73. The molecule has 1 fully saturated rings. The summed E-state index contributed by atoms with van der Waals surface area (Å²) in [5.74, 6) is -0.344. The minimum absolute atomic E-state index is 0.0461. The first-order valence-electron chi connectivity index (χ1n) is 10.5. The van der Waals surface area contributed by atoms with Crippen LogP contribution in [-0.4, -0.2) is 30.4 Å². The standard InChI is InChI=1S/C24H29FN2O3/c1-4-5-14-27-22(28)13-12-19(23(27)18-8-6-7-9-21(18)30-3)24(29)26-17-11-10-16(2)20(25)15-17/h6-11,15,19,23H,4-5,12-14H2,1-3H3,(H,26,29). The van der Waals surface area contributed by atoms with Crippen molar-refractivity contribution in [3.8, 4) is 5.75 Å². The van der Waals surface area contributed by atoms with Gasteiger partial charge in [0, 0.05) is 24.2 Å². The summed E-state index contributed by atoms with van der Waals surface area (Å²) in [5, 5.41) is 2.85. The highest BCUT2D eigenvalue weighted by molar-refractivity contribution is 5.94. The number of hydrogen-bond donors (Lipinski definition) is 1. The summed E-state index contributed by atoms with van der Waals surface area (Å²) >= 11 is 0. The molecule has 2 aromatic carbocycles. The minimum Gasteiger partial charge on any atom is -0.496 e. The number of amides is 2. The fourth-order valence-electron chi connectivity index (χ4n) is 4.02. The average molecular weight is 413 g/mol. The van der Waals surface area contributed by atoms with E-state index in [-0.39, 0.29) is 17.6 Å². The predicted octanol–water partition coefficient (Wildman–Crippen LogP) is 4.86. The number of ether oxygens (including phenoxy) is 1. The van der Waals surface area contributed by atoms with E-state index in [1.54, 1.807) is 26.2 Å². The molecule has 6 heteroatoms. The largest absolute Gasteiger partial charge is 0.496 e. The lowest BCUT2D eigenvalue weighted by atomic mass is 9.83.